The second-order valence-electron chi connectivity index (χ2n) is 6.26. The quantitative estimate of drug-likeness (QED) is 0.739. The molecule has 2 aromatic rings. The summed E-state index contributed by atoms with van der Waals surface area (Å²) < 4.78 is 0. The van der Waals surface area contributed by atoms with Gasteiger partial charge >= 0.3 is 0 Å². The van der Waals surface area contributed by atoms with Crippen molar-refractivity contribution in [1.29, 1.82) is 0 Å². The van der Waals surface area contributed by atoms with Crippen LogP contribution < -0.4 is 10.6 Å². The summed E-state index contributed by atoms with van der Waals surface area (Å²) in [5, 5.41) is 7.44. The highest BCUT2D eigenvalue weighted by Crippen LogP contribution is 2.22. The molecule has 1 aromatic heterocycles. The highest BCUT2D eigenvalue weighted by molar-refractivity contribution is 7.80. The van der Waals surface area contributed by atoms with E-state index in [9.17, 15) is 0 Å². The highest BCUT2D eigenvalue weighted by Gasteiger charge is 2.15. The van der Waals surface area contributed by atoms with Crippen molar-refractivity contribution in [1.82, 2.24) is 15.2 Å². The van der Waals surface area contributed by atoms with Crippen molar-refractivity contribution in [2.45, 2.75) is 32.7 Å². The second-order valence-corrected chi connectivity index (χ2v) is 6.67. The number of benzene rings is 1. The van der Waals surface area contributed by atoms with Crippen molar-refractivity contribution in [3.8, 4) is 0 Å². The molecule has 0 saturated heterocycles. The largest absolute Gasteiger partial charge is 0.361 e. The molecule has 0 bridgehead atoms. The summed E-state index contributed by atoms with van der Waals surface area (Å²) in [5.41, 5.74) is 4.90. The molecule has 4 nitrogen and oxygen atoms in total. The summed E-state index contributed by atoms with van der Waals surface area (Å²) in [6.07, 6.45) is 5.66. The second kappa shape index (κ2) is 9.49. The van der Waals surface area contributed by atoms with Crippen LogP contribution in [0.15, 0.2) is 42.7 Å². The molecule has 1 heterocycles. The molecule has 134 valence electrons. The van der Waals surface area contributed by atoms with Crippen molar-refractivity contribution in [2.24, 2.45) is 0 Å². The molecule has 5 heteroatoms. The summed E-state index contributed by atoms with van der Waals surface area (Å²) in [4.78, 5) is 6.40. The molecule has 0 aliphatic rings. The van der Waals surface area contributed by atoms with Crippen LogP contribution in [0.1, 0.15) is 36.6 Å². The Bertz CT molecular complexity index is 663. The zero-order valence-electron chi connectivity index (χ0n) is 15.5. The van der Waals surface area contributed by atoms with Crippen LogP contribution in [0.3, 0.4) is 0 Å². The standard InChI is InChI=1S/C20H28N4S/c1-5-15-9-7-10-16(6-2)19(15)23-20(25)22-14-18(24(3)4)17-11-8-12-21-13-17/h7-13,18H,5-6,14H2,1-4H3,(H2,22,23,25)/t18-/m0/s1. The number of hydrogen-bond donors (Lipinski definition) is 2. The maximum absolute atomic E-state index is 5.55. The number of aryl methyl sites for hydroxylation is 2. The van der Waals surface area contributed by atoms with Gasteiger partial charge in [-0.2, -0.15) is 0 Å². The molecule has 0 amide bonds. The molecule has 1 aromatic carbocycles. The van der Waals surface area contributed by atoms with Crippen molar-refractivity contribution >= 4 is 23.0 Å². The Hall–Kier alpha value is -1.98. The van der Waals surface area contributed by atoms with Crippen LogP contribution in [0.4, 0.5) is 5.69 Å². The number of para-hydroxylation sites is 1. The van der Waals surface area contributed by atoms with E-state index in [1.165, 1.54) is 16.7 Å². The van der Waals surface area contributed by atoms with E-state index in [4.69, 9.17) is 12.2 Å². The predicted molar refractivity (Wildman–Crippen MR) is 110 cm³/mol. The smallest absolute Gasteiger partial charge is 0.170 e. The van der Waals surface area contributed by atoms with Gasteiger partial charge in [-0.3, -0.25) is 4.98 Å². The Balaban J connectivity index is 2.05. The van der Waals surface area contributed by atoms with Crippen LogP contribution >= 0.6 is 12.2 Å². The number of anilines is 1. The average molecular weight is 357 g/mol. The Morgan fingerprint density at radius 3 is 2.32 bits per heavy atom. The van der Waals surface area contributed by atoms with E-state index < -0.39 is 0 Å². The molecule has 0 fully saturated rings. The summed E-state index contributed by atoms with van der Waals surface area (Å²) in [7, 11) is 4.13. The zero-order valence-corrected chi connectivity index (χ0v) is 16.4. The average Bonchev–Trinajstić information content (AvgIpc) is 2.62. The van der Waals surface area contributed by atoms with Gasteiger partial charge in [-0.1, -0.05) is 38.1 Å². The van der Waals surface area contributed by atoms with E-state index >= 15 is 0 Å². The molecule has 0 aliphatic carbocycles. The first-order valence-electron chi connectivity index (χ1n) is 8.78. The normalized spacial score (nSPS) is 12.0. The van der Waals surface area contributed by atoms with Gasteiger partial charge in [-0.25, -0.2) is 0 Å². The summed E-state index contributed by atoms with van der Waals surface area (Å²) in [5.74, 6) is 0. The number of hydrogen-bond acceptors (Lipinski definition) is 3. The lowest BCUT2D eigenvalue weighted by Crippen LogP contribution is -2.37. The topological polar surface area (TPSA) is 40.2 Å². The lowest BCUT2D eigenvalue weighted by Gasteiger charge is -2.26. The van der Waals surface area contributed by atoms with Gasteiger partial charge in [0.05, 0.1) is 6.04 Å². The van der Waals surface area contributed by atoms with Crippen molar-refractivity contribution in [3.63, 3.8) is 0 Å². The van der Waals surface area contributed by atoms with Gasteiger partial charge in [0.25, 0.3) is 0 Å². The van der Waals surface area contributed by atoms with Crippen LogP contribution in [-0.2, 0) is 12.8 Å². The monoisotopic (exact) mass is 356 g/mol. The molecule has 1 atom stereocenters. The first-order valence-corrected chi connectivity index (χ1v) is 9.19. The number of nitrogens with one attached hydrogen (secondary N) is 2. The lowest BCUT2D eigenvalue weighted by atomic mass is 10.0. The summed E-state index contributed by atoms with van der Waals surface area (Å²) in [6, 6.07) is 10.7. The molecule has 0 unspecified atom stereocenters. The van der Waals surface area contributed by atoms with Crippen molar-refractivity contribution < 1.29 is 0 Å². The Kier molecular flexibility index (Phi) is 7.34. The minimum Gasteiger partial charge on any atom is -0.361 e. The number of nitrogens with zero attached hydrogens (tertiary/aromatic N) is 2. The molecule has 25 heavy (non-hydrogen) atoms. The fourth-order valence-corrected chi connectivity index (χ4v) is 3.11. The maximum Gasteiger partial charge on any atom is 0.170 e. The molecule has 0 saturated carbocycles. The highest BCUT2D eigenvalue weighted by atomic mass is 32.1. The molecular weight excluding hydrogens is 328 g/mol. The van der Waals surface area contributed by atoms with E-state index in [0.717, 1.165) is 25.1 Å². The number of rotatable bonds is 7. The number of pyridine rings is 1. The van der Waals surface area contributed by atoms with E-state index in [-0.39, 0.29) is 6.04 Å². The van der Waals surface area contributed by atoms with Gasteiger partial charge in [0.1, 0.15) is 0 Å². The third kappa shape index (κ3) is 5.25. The molecule has 2 N–H and O–H groups in total. The Morgan fingerprint density at radius 1 is 1.12 bits per heavy atom. The molecular formula is C20H28N4S. The third-order valence-corrected chi connectivity index (χ3v) is 4.63. The predicted octanol–water partition coefficient (Wildman–Crippen LogP) is 3.80. The maximum atomic E-state index is 5.55. The third-order valence-electron chi connectivity index (χ3n) is 4.39. The van der Waals surface area contributed by atoms with E-state index in [1.54, 1.807) is 6.20 Å². The SMILES string of the molecule is CCc1cccc(CC)c1NC(=S)NC[C@@H](c1cccnc1)N(C)C. The van der Waals surface area contributed by atoms with E-state index in [2.05, 4.69) is 72.7 Å². The molecule has 0 spiro atoms. The molecule has 0 radical (unpaired) electrons. The van der Waals surface area contributed by atoms with Gasteiger partial charge in [0.2, 0.25) is 0 Å². The van der Waals surface area contributed by atoms with Gasteiger partial charge in [-0.05, 0) is 61.9 Å². The fourth-order valence-electron chi connectivity index (χ4n) is 2.92. The number of thiocarbonyl (C=S) groups is 1. The number of likely N-dealkylation sites (N-methyl/N-ethyl adjacent to an activating group) is 1. The minimum absolute atomic E-state index is 0.209. The minimum atomic E-state index is 0.209. The first-order chi connectivity index (χ1) is 12.1. The van der Waals surface area contributed by atoms with Gasteiger partial charge < -0.3 is 15.5 Å². The van der Waals surface area contributed by atoms with E-state index in [0.29, 0.717) is 5.11 Å². The Morgan fingerprint density at radius 2 is 1.80 bits per heavy atom. The van der Waals surface area contributed by atoms with Crippen LogP contribution in [0.2, 0.25) is 0 Å². The van der Waals surface area contributed by atoms with Crippen LogP contribution in [-0.4, -0.2) is 35.6 Å². The lowest BCUT2D eigenvalue weighted by molar-refractivity contribution is 0.298. The van der Waals surface area contributed by atoms with Gasteiger partial charge in [-0.15, -0.1) is 0 Å². The first kappa shape index (κ1) is 19.3. The molecule has 0 aliphatic heterocycles. The van der Waals surface area contributed by atoms with Gasteiger partial charge in [0, 0.05) is 24.6 Å². The fraction of sp³-hybridized carbons (Fsp3) is 0.400. The van der Waals surface area contributed by atoms with Crippen LogP contribution in [0.5, 0.6) is 0 Å². The molecule has 2 rings (SSSR count). The van der Waals surface area contributed by atoms with Gasteiger partial charge in [0.15, 0.2) is 5.11 Å². The van der Waals surface area contributed by atoms with Crippen molar-refractivity contribution in [2.75, 3.05) is 26.0 Å². The zero-order chi connectivity index (χ0) is 18.2. The van der Waals surface area contributed by atoms with Crippen LogP contribution in [0.25, 0.3) is 0 Å². The number of aromatic nitrogens is 1. The summed E-state index contributed by atoms with van der Waals surface area (Å²) >= 11 is 5.55. The Labute approximate surface area is 156 Å². The van der Waals surface area contributed by atoms with E-state index in [1.807, 2.05) is 12.3 Å². The summed E-state index contributed by atoms with van der Waals surface area (Å²) in [6.45, 7) is 5.06. The van der Waals surface area contributed by atoms with Crippen LogP contribution in [0, 0.1) is 0 Å². The van der Waals surface area contributed by atoms with Crippen molar-refractivity contribution in [3.05, 3.63) is 59.4 Å².